The summed E-state index contributed by atoms with van der Waals surface area (Å²) < 4.78 is 49.1. The third-order valence-electron chi connectivity index (χ3n) is 3.59. The summed E-state index contributed by atoms with van der Waals surface area (Å²) in [4.78, 5) is 4.06. The third kappa shape index (κ3) is 3.55. The number of halogens is 2. The number of hydrogen-bond acceptors (Lipinski definition) is 3. The molecule has 0 fully saturated rings. The normalized spacial score (nSPS) is 12.1. The highest BCUT2D eigenvalue weighted by Gasteiger charge is 2.11. The summed E-state index contributed by atoms with van der Waals surface area (Å²) in [5.41, 5.74) is 2.64. The van der Waals surface area contributed by atoms with Gasteiger partial charge in [0.25, 0.3) is 0 Å². The van der Waals surface area contributed by atoms with Gasteiger partial charge in [0, 0.05) is 23.7 Å². The quantitative estimate of drug-likeness (QED) is 0.670. The fourth-order valence-corrected chi connectivity index (χ4v) is 2.98. The molecule has 1 unspecified atom stereocenters. The van der Waals surface area contributed by atoms with Crippen molar-refractivity contribution in [2.75, 3.05) is 0 Å². The minimum absolute atomic E-state index is 0.100. The van der Waals surface area contributed by atoms with E-state index in [0.717, 1.165) is 0 Å². The third-order valence-corrected chi connectivity index (χ3v) is 4.14. The maximum absolute atomic E-state index is 14.1. The van der Waals surface area contributed by atoms with Crippen LogP contribution in [-0.4, -0.2) is 13.7 Å². The molecule has 3 aromatic rings. The zero-order valence-electron chi connectivity index (χ0n) is 12.4. The summed E-state index contributed by atoms with van der Waals surface area (Å²) in [6.07, 6.45) is 3.15. The largest absolute Gasteiger partial charge is 0.772 e. The van der Waals surface area contributed by atoms with Gasteiger partial charge in [-0.15, -0.1) is 0 Å². The molecule has 0 saturated carbocycles. The second-order valence-electron chi connectivity index (χ2n) is 5.19. The van der Waals surface area contributed by atoms with E-state index >= 15 is 0 Å². The summed E-state index contributed by atoms with van der Waals surface area (Å²) in [6, 6.07) is 12.2. The van der Waals surface area contributed by atoms with E-state index in [-0.39, 0.29) is 17.1 Å². The topological polar surface area (TPSA) is 53.0 Å². The van der Waals surface area contributed by atoms with Gasteiger partial charge in [-0.05, 0) is 46.5 Å². The number of pyridine rings is 1. The molecule has 0 saturated heterocycles. The maximum atomic E-state index is 14.1. The van der Waals surface area contributed by atoms with E-state index in [1.807, 2.05) is 0 Å². The highest BCUT2D eigenvalue weighted by Crippen LogP contribution is 2.32. The lowest BCUT2D eigenvalue weighted by atomic mass is 9.96. The molecule has 0 radical (unpaired) electrons. The average molecular weight is 344 g/mol. The molecular weight excluding hydrogens is 332 g/mol. The van der Waals surface area contributed by atoms with Gasteiger partial charge < -0.3 is 4.55 Å². The van der Waals surface area contributed by atoms with E-state index in [9.17, 15) is 17.5 Å². The van der Waals surface area contributed by atoms with Gasteiger partial charge in [-0.3, -0.25) is 9.19 Å². The first-order valence-electron chi connectivity index (χ1n) is 7.09. The summed E-state index contributed by atoms with van der Waals surface area (Å²) in [5, 5.41) is 0. The van der Waals surface area contributed by atoms with Crippen molar-refractivity contribution in [1.82, 2.24) is 4.98 Å². The van der Waals surface area contributed by atoms with Gasteiger partial charge in [-0.25, -0.2) is 8.78 Å². The lowest BCUT2D eigenvalue weighted by molar-refractivity contribution is 0.533. The van der Waals surface area contributed by atoms with Crippen LogP contribution in [0.15, 0.2) is 60.9 Å². The van der Waals surface area contributed by atoms with Crippen molar-refractivity contribution >= 4 is 11.1 Å². The van der Waals surface area contributed by atoms with Crippen molar-refractivity contribution in [2.24, 2.45) is 0 Å². The number of hydrogen-bond donors (Lipinski definition) is 0. The zero-order chi connectivity index (χ0) is 17.1. The molecule has 0 bridgehead atoms. The lowest BCUT2D eigenvalue weighted by Crippen LogP contribution is -1.97. The van der Waals surface area contributed by atoms with Gasteiger partial charge in [0.05, 0.1) is 0 Å². The molecule has 1 heterocycles. The number of rotatable bonds is 4. The highest BCUT2D eigenvalue weighted by molar-refractivity contribution is 7.78. The smallest absolute Gasteiger partial charge is 0.127 e. The van der Waals surface area contributed by atoms with Crippen molar-refractivity contribution in [3.63, 3.8) is 0 Å². The van der Waals surface area contributed by atoms with E-state index < -0.39 is 16.9 Å². The van der Waals surface area contributed by atoms with E-state index in [4.69, 9.17) is 0 Å². The first-order valence-corrected chi connectivity index (χ1v) is 8.33. The van der Waals surface area contributed by atoms with Crippen molar-refractivity contribution in [3.8, 4) is 22.3 Å². The number of nitrogens with zero attached hydrogens (tertiary/aromatic N) is 1. The zero-order valence-corrected chi connectivity index (χ0v) is 13.2. The summed E-state index contributed by atoms with van der Waals surface area (Å²) >= 11 is -2.36. The molecule has 0 aliphatic rings. The molecule has 6 heteroatoms. The fraction of sp³-hybridized carbons (Fsp3) is 0.0556. The SMILES string of the molecule is O=S([O-])Cc1ccc(-c2cnccc2-c2cccc(F)c2)cc1F. The molecule has 0 spiro atoms. The van der Waals surface area contributed by atoms with Crippen molar-refractivity contribution in [1.29, 1.82) is 0 Å². The molecular formula is C18H12F2NO2S-. The maximum Gasteiger partial charge on any atom is 0.127 e. The van der Waals surface area contributed by atoms with E-state index in [2.05, 4.69) is 4.98 Å². The summed E-state index contributed by atoms with van der Waals surface area (Å²) in [7, 11) is 0. The molecule has 2 aromatic carbocycles. The Morgan fingerprint density at radius 1 is 1.00 bits per heavy atom. The van der Waals surface area contributed by atoms with Gasteiger partial charge in [0.15, 0.2) is 0 Å². The van der Waals surface area contributed by atoms with Crippen molar-refractivity contribution in [3.05, 3.63) is 78.1 Å². The number of benzene rings is 2. The van der Waals surface area contributed by atoms with Gasteiger partial charge >= 0.3 is 0 Å². The van der Waals surface area contributed by atoms with Crippen molar-refractivity contribution in [2.45, 2.75) is 5.75 Å². The average Bonchev–Trinajstić information content (AvgIpc) is 2.56. The predicted octanol–water partition coefficient (Wildman–Crippen LogP) is 4.07. The molecule has 122 valence electrons. The molecule has 3 nitrogen and oxygen atoms in total. The lowest BCUT2D eigenvalue weighted by Gasteiger charge is -2.12. The second-order valence-corrected chi connectivity index (χ2v) is 6.08. The van der Waals surface area contributed by atoms with E-state index in [0.29, 0.717) is 22.3 Å². The molecule has 1 atom stereocenters. The van der Waals surface area contributed by atoms with E-state index in [1.165, 1.54) is 24.3 Å². The Balaban J connectivity index is 2.08. The van der Waals surface area contributed by atoms with Crippen LogP contribution in [0.4, 0.5) is 8.78 Å². The van der Waals surface area contributed by atoms with Crippen LogP contribution in [0.25, 0.3) is 22.3 Å². The molecule has 0 N–H and O–H groups in total. The second kappa shape index (κ2) is 6.98. The molecule has 24 heavy (non-hydrogen) atoms. The molecule has 0 amide bonds. The standard InChI is InChI=1S/C18H13F2NO2S/c19-15-3-1-2-12(8-15)16-6-7-21-10-17(16)13-4-5-14(11-24(22)23)18(20)9-13/h1-10H,11H2,(H,22,23)/p-1. The Kier molecular flexibility index (Phi) is 4.78. The first-order chi connectivity index (χ1) is 11.5. The van der Waals surface area contributed by atoms with Crippen LogP contribution in [-0.2, 0) is 16.8 Å². The van der Waals surface area contributed by atoms with Gasteiger partial charge in [-0.2, -0.15) is 0 Å². The Labute approximate surface area is 140 Å². The van der Waals surface area contributed by atoms with Crippen LogP contribution < -0.4 is 0 Å². The predicted molar refractivity (Wildman–Crippen MR) is 87.6 cm³/mol. The van der Waals surface area contributed by atoms with Crippen molar-refractivity contribution < 1.29 is 17.5 Å². The van der Waals surface area contributed by atoms with Crippen LogP contribution in [0.1, 0.15) is 5.56 Å². The Morgan fingerprint density at radius 3 is 2.50 bits per heavy atom. The highest BCUT2D eigenvalue weighted by atomic mass is 32.2. The van der Waals surface area contributed by atoms with Crippen LogP contribution in [0.3, 0.4) is 0 Å². The van der Waals surface area contributed by atoms with Crippen LogP contribution in [0.2, 0.25) is 0 Å². The summed E-state index contributed by atoms with van der Waals surface area (Å²) in [6.45, 7) is 0. The van der Waals surface area contributed by atoms with Gasteiger partial charge in [-0.1, -0.05) is 35.3 Å². The van der Waals surface area contributed by atoms with E-state index in [1.54, 1.807) is 36.7 Å². The fourth-order valence-electron chi connectivity index (χ4n) is 2.49. The number of aromatic nitrogens is 1. The molecule has 1 aromatic heterocycles. The molecule has 0 aliphatic carbocycles. The van der Waals surface area contributed by atoms with Crippen LogP contribution >= 0.6 is 0 Å². The van der Waals surface area contributed by atoms with Crippen LogP contribution in [0, 0.1) is 11.6 Å². The van der Waals surface area contributed by atoms with Gasteiger partial charge in [0.2, 0.25) is 0 Å². The molecule has 3 rings (SSSR count). The summed E-state index contributed by atoms with van der Waals surface area (Å²) in [5.74, 6) is -1.35. The monoisotopic (exact) mass is 344 g/mol. The molecule has 0 aliphatic heterocycles. The Hall–Kier alpha value is -2.44. The first kappa shape index (κ1) is 16.4. The minimum atomic E-state index is -2.36. The van der Waals surface area contributed by atoms with Gasteiger partial charge in [0.1, 0.15) is 11.6 Å². The Morgan fingerprint density at radius 2 is 1.79 bits per heavy atom. The minimum Gasteiger partial charge on any atom is -0.772 e. The van der Waals surface area contributed by atoms with Crippen LogP contribution in [0.5, 0.6) is 0 Å². The Bertz CT molecular complexity index is 915.